The molecule has 0 bridgehead atoms. The number of aliphatic hydroxyl groups is 3. The predicted octanol–water partition coefficient (Wildman–Crippen LogP) is -0.491. The SMILES string of the molecule is O=S(=O)(c1nc2ccccc2s1)C1O[C@H](CO)[C@@H](O)[C@H]1O. The van der Waals surface area contributed by atoms with Crippen LogP contribution in [0, 0.1) is 0 Å². The van der Waals surface area contributed by atoms with E-state index in [9.17, 15) is 18.6 Å². The molecule has 9 heteroatoms. The Morgan fingerprint density at radius 2 is 1.95 bits per heavy atom. The minimum atomic E-state index is -4.06. The minimum absolute atomic E-state index is 0.182. The largest absolute Gasteiger partial charge is 0.394 e. The highest BCUT2D eigenvalue weighted by atomic mass is 32.2. The highest BCUT2D eigenvalue weighted by Gasteiger charge is 2.50. The monoisotopic (exact) mass is 331 g/mol. The van der Waals surface area contributed by atoms with Crippen molar-refractivity contribution in [3.8, 4) is 0 Å². The van der Waals surface area contributed by atoms with E-state index in [1.807, 2.05) is 0 Å². The lowest BCUT2D eigenvalue weighted by atomic mass is 10.2. The first kappa shape index (κ1) is 14.8. The first-order valence-corrected chi connectivity index (χ1v) is 8.53. The molecule has 1 saturated heterocycles. The Morgan fingerprint density at radius 1 is 1.24 bits per heavy atom. The standard InChI is InChI=1S/C12H13NO6S2/c14-5-7-9(15)10(16)11(19-7)21(17,18)12-13-6-3-1-2-4-8(6)20-12/h1-4,7,9-11,14-16H,5H2/t7-,9-,10-,11?/m1/s1. The quantitative estimate of drug-likeness (QED) is 0.694. The highest BCUT2D eigenvalue weighted by Crippen LogP contribution is 2.33. The number of benzene rings is 1. The van der Waals surface area contributed by atoms with Crippen LogP contribution in [0.15, 0.2) is 28.6 Å². The summed E-state index contributed by atoms with van der Waals surface area (Å²) in [5.74, 6) is 0. The van der Waals surface area contributed by atoms with Gasteiger partial charge in [-0.25, -0.2) is 13.4 Å². The zero-order chi connectivity index (χ0) is 15.2. The van der Waals surface area contributed by atoms with Crippen LogP contribution >= 0.6 is 11.3 Å². The topological polar surface area (TPSA) is 117 Å². The minimum Gasteiger partial charge on any atom is -0.394 e. The number of aromatic nitrogens is 1. The van der Waals surface area contributed by atoms with E-state index in [0.29, 0.717) is 10.2 Å². The van der Waals surface area contributed by atoms with E-state index < -0.39 is 40.2 Å². The zero-order valence-corrected chi connectivity index (χ0v) is 12.3. The third-order valence-electron chi connectivity index (χ3n) is 3.32. The van der Waals surface area contributed by atoms with Gasteiger partial charge in [0.2, 0.25) is 14.2 Å². The molecule has 4 atom stereocenters. The lowest BCUT2D eigenvalue weighted by Crippen LogP contribution is -2.36. The number of aliphatic hydroxyl groups excluding tert-OH is 3. The molecule has 0 aliphatic carbocycles. The maximum absolute atomic E-state index is 12.5. The van der Waals surface area contributed by atoms with Crippen LogP contribution in [0.25, 0.3) is 10.2 Å². The fourth-order valence-corrected chi connectivity index (χ4v) is 5.15. The second-order valence-electron chi connectivity index (χ2n) is 4.70. The van der Waals surface area contributed by atoms with Gasteiger partial charge < -0.3 is 20.1 Å². The fraction of sp³-hybridized carbons (Fsp3) is 0.417. The second-order valence-corrected chi connectivity index (χ2v) is 7.93. The molecule has 7 nitrogen and oxygen atoms in total. The van der Waals surface area contributed by atoms with Crippen molar-refractivity contribution < 1.29 is 28.5 Å². The average Bonchev–Trinajstić information content (AvgIpc) is 3.02. The summed E-state index contributed by atoms with van der Waals surface area (Å²) < 4.78 is 30.6. The van der Waals surface area contributed by atoms with Crippen molar-refractivity contribution in [1.82, 2.24) is 4.98 Å². The summed E-state index contributed by atoms with van der Waals surface area (Å²) in [5.41, 5.74) is -1.10. The van der Waals surface area contributed by atoms with E-state index in [0.717, 1.165) is 11.3 Å². The first-order valence-electron chi connectivity index (χ1n) is 6.17. The molecule has 1 aliphatic rings. The van der Waals surface area contributed by atoms with Crippen molar-refractivity contribution in [2.75, 3.05) is 6.61 Å². The Labute approximate surface area is 124 Å². The summed E-state index contributed by atoms with van der Waals surface area (Å²) in [4.78, 5) is 4.03. The predicted molar refractivity (Wildman–Crippen MR) is 74.6 cm³/mol. The number of thiazole rings is 1. The van der Waals surface area contributed by atoms with Crippen LogP contribution in [0.1, 0.15) is 0 Å². The second kappa shape index (κ2) is 5.27. The van der Waals surface area contributed by atoms with Crippen LogP contribution in [-0.2, 0) is 14.6 Å². The normalized spacial score (nSPS) is 30.0. The van der Waals surface area contributed by atoms with E-state index in [1.165, 1.54) is 0 Å². The Kier molecular flexibility index (Phi) is 3.72. The number of fused-ring (bicyclic) bond motifs is 1. The Morgan fingerprint density at radius 3 is 2.57 bits per heavy atom. The lowest BCUT2D eigenvalue weighted by molar-refractivity contribution is -0.00880. The van der Waals surface area contributed by atoms with Gasteiger partial charge in [-0.2, -0.15) is 0 Å². The summed E-state index contributed by atoms with van der Waals surface area (Å²) in [6.07, 6.45) is -4.21. The Balaban J connectivity index is 2.00. The molecule has 1 aliphatic heterocycles. The molecular formula is C12H13NO6S2. The van der Waals surface area contributed by atoms with Crippen LogP contribution in [0.4, 0.5) is 0 Å². The molecule has 1 fully saturated rings. The van der Waals surface area contributed by atoms with Gasteiger partial charge in [0, 0.05) is 0 Å². The summed E-state index contributed by atoms with van der Waals surface area (Å²) in [5, 5.41) is 28.5. The molecule has 1 aromatic carbocycles. The van der Waals surface area contributed by atoms with E-state index in [1.54, 1.807) is 24.3 Å². The Hall–Kier alpha value is -1.10. The number of hydrogen-bond acceptors (Lipinski definition) is 8. The van der Waals surface area contributed by atoms with Gasteiger partial charge in [-0.15, -0.1) is 11.3 Å². The van der Waals surface area contributed by atoms with Gasteiger partial charge in [0.25, 0.3) is 0 Å². The van der Waals surface area contributed by atoms with Crippen molar-refractivity contribution in [2.24, 2.45) is 0 Å². The average molecular weight is 331 g/mol. The third kappa shape index (κ3) is 2.35. The lowest BCUT2D eigenvalue weighted by Gasteiger charge is -2.13. The smallest absolute Gasteiger partial charge is 0.234 e. The summed E-state index contributed by atoms with van der Waals surface area (Å²) in [6, 6.07) is 6.93. The Bertz CT molecular complexity index is 725. The molecule has 0 radical (unpaired) electrons. The molecule has 2 aromatic rings. The van der Waals surface area contributed by atoms with Crippen LogP contribution < -0.4 is 0 Å². The van der Waals surface area contributed by atoms with Gasteiger partial charge in [-0.3, -0.25) is 0 Å². The highest BCUT2D eigenvalue weighted by molar-refractivity contribution is 7.94. The summed E-state index contributed by atoms with van der Waals surface area (Å²) >= 11 is 0.969. The number of ether oxygens (including phenoxy) is 1. The molecule has 1 unspecified atom stereocenters. The number of nitrogens with zero attached hydrogens (tertiary/aromatic N) is 1. The van der Waals surface area contributed by atoms with Crippen LogP contribution in [0.5, 0.6) is 0 Å². The van der Waals surface area contributed by atoms with Gasteiger partial charge in [0.15, 0.2) is 5.44 Å². The van der Waals surface area contributed by atoms with Gasteiger partial charge in [-0.05, 0) is 12.1 Å². The van der Waals surface area contributed by atoms with Gasteiger partial charge >= 0.3 is 0 Å². The molecule has 0 amide bonds. The molecule has 0 spiro atoms. The van der Waals surface area contributed by atoms with E-state index in [-0.39, 0.29) is 4.34 Å². The maximum atomic E-state index is 12.5. The molecular weight excluding hydrogens is 318 g/mol. The van der Waals surface area contributed by atoms with E-state index in [2.05, 4.69) is 4.98 Å². The number of para-hydroxylation sites is 1. The summed E-state index contributed by atoms with van der Waals surface area (Å²) in [7, 11) is -4.06. The van der Waals surface area contributed by atoms with E-state index in [4.69, 9.17) is 9.84 Å². The first-order chi connectivity index (χ1) is 9.95. The van der Waals surface area contributed by atoms with Crippen molar-refractivity contribution in [2.45, 2.75) is 28.1 Å². The molecule has 3 N–H and O–H groups in total. The van der Waals surface area contributed by atoms with Crippen molar-refractivity contribution >= 4 is 31.4 Å². The molecule has 3 rings (SSSR count). The number of hydrogen-bond donors (Lipinski definition) is 3. The maximum Gasteiger partial charge on any atom is 0.234 e. The molecule has 1 aromatic heterocycles. The number of rotatable bonds is 3. The van der Waals surface area contributed by atoms with Gasteiger partial charge in [0.05, 0.1) is 16.8 Å². The van der Waals surface area contributed by atoms with Crippen molar-refractivity contribution in [3.05, 3.63) is 24.3 Å². The molecule has 0 saturated carbocycles. The van der Waals surface area contributed by atoms with Gasteiger partial charge in [-0.1, -0.05) is 12.1 Å². The van der Waals surface area contributed by atoms with Crippen LogP contribution in [0.2, 0.25) is 0 Å². The summed E-state index contributed by atoms with van der Waals surface area (Å²) in [6.45, 7) is -0.579. The third-order valence-corrected chi connectivity index (χ3v) is 6.68. The van der Waals surface area contributed by atoms with Gasteiger partial charge in [0.1, 0.15) is 18.3 Å². The van der Waals surface area contributed by atoms with Crippen molar-refractivity contribution in [3.63, 3.8) is 0 Å². The van der Waals surface area contributed by atoms with Crippen LogP contribution in [0.3, 0.4) is 0 Å². The zero-order valence-electron chi connectivity index (χ0n) is 10.7. The molecule has 21 heavy (non-hydrogen) atoms. The molecule has 2 heterocycles. The van der Waals surface area contributed by atoms with Crippen LogP contribution in [-0.4, -0.2) is 59.1 Å². The van der Waals surface area contributed by atoms with Crippen molar-refractivity contribution in [1.29, 1.82) is 0 Å². The molecule has 114 valence electrons. The fourth-order valence-electron chi connectivity index (χ4n) is 2.19. The number of sulfone groups is 1. The van der Waals surface area contributed by atoms with E-state index >= 15 is 0 Å².